The molecule has 0 aromatic carbocycles. The van der Waals surface area contributed by atoms with Crippen LogP contribution >= 0.6 is 0 Å². The van der Waals surface area contributed by atoms with Gasteiger partial charge in [0.15, 0.2) is 0 Å². The van der Waals surface area contributed by atoms with Gasteiger partial charge in [-0.3, -0.25) is 4.90 Å². The summed E-state index contributed by atoms with van der Waals surface area (Å²) in [5.74, 6) is 0. The highest BCUT2D eigenvalue weighted by Gasteiger charge is 2.37. The number of rotatable bonds is 1. The minimum Gasteiger partial charge on any atom is -0.315 e. The Labute approximate surface area is 99.8 Å². The lowest BCUT2D eigenvalue weighted by Gasteiger charge is -2.45. The second-order valence-electron chi connectivity index (χ2n) is 6.24. The normalized spacial score (nSPS) is 35.6. The molecule has 1 atom stereocenters. The molecule has 0 unspecified atom stereocenters. The van der Waals surface area contributed by atoms with E-state index in [1.54, 1.807) is 0 Å². The van der Waals surface area contributed by atoms with Crippen LogP contribution in [0.5, 0.6) is 0 Å². The van der Waals surface area contributed by atoms with Gasteiger partial charge in [0.25, 0.3) is 0 Å². The zero-order valence-electron chi connectivity index (χ0n) is 10.5. The van der Waals surface area contributed by atoms with Gasteiger partial charge in [-0.05, 0) is 57.2 Å². The third kappa shape index (κ3) is 2.14. The van der Waals surface area contributed by atoms with E-state index in [-0.39, 0.29) is 0 Å². The summed E-state index contributed by atoms with van der Waals surface area (Å²) in [6.45, 7) is 5.25. The summed E-state index contributed by atoms with van der Waals surface area (Å²) in [4.78, 5) is 2.76. The van der Waals surface area contributed by atoms with Crippen molar-refractivity contribution in [2.45, 2.75) is 57.4 Å². The van der Waals surface area contributed by atoms with Crippen LogP contribution in [0, 0.1) is 5.41 Å². The number of piperidine rings is 1. The number of hydrogen-bond donors (Lipinski definition) is 1. The molecule has 2 heterocycles. The molecule has 0 bridgehead atoms. The molecule has 2 saturated heterocycles. The maximum absolute atomic E-state index is 3.50. The van der Waals surface area contributed by atoms with E-state index >= 15 is 0 Å². The summed E-state index contributed by atoms with van der Waals surface area (Å²) >= 11 is 0. The molecule has 0 amide bonds. The molecule has 1 N–H and O–H groups in total. The maximum atomic E-state index is 3.50. The lowest BCUT2D eigenvalue weighted by atomic mass is 9.68. The highest BCUT2D eigenvalue weighted by molar-refractivity contribution is 4.91. The molecular weight excluding hydrogens is 196 g/mol. The SMILES string of the molecule is C1CCC2(CC1)CCN([C@@H]1CCNC1)CC2. The molecule has 3 fully saturated rings. The zero-order chi connectivity index (χ0) is 10.8. The second kappa shape index (κ2) is 4.66. The molecule has 92 valence electrons. The van der Waals surface area contributed by atoms with Crippen LogP contribution in [0.1, 0.15) is 51.4 Å². The minimum absolute atomic E-state index is 0.779. The first-order chi connectivity index (χ1) is 7.88. The van der Waals surface area contributed by atoms with Gasteiger partial charge in [0, 0.05) is 12.6 Å². The molecule has 16 heavy (non-hydrogen) atoms. The van der Waals surface area contributed by atoms with E-state index in [1.807, 2.05) is 0 Å². The third-order valence-electron chi connectivity index (χ3n) is 5.32. The summed E-state index contributed by atoms with van der Waals surface area (Å²) in [6, 6.07) is 0.862. The summed E-state index contributed by atoms with van der Waals surface area (Å²) in [5.41, 5.74) is 0.779. The van der Waals surface area contributed by atoms with E-state index < -0.39 is 0 Å². The molecule has 2 nitrogen and oxygen atoms in total. The second-order valence-corrected chi connectivity index (χ2v) is 6.24. The predicted molar refractivity (Wildman–Crippen MR) is 67.6 cm³/mol. The van der Waals surface area contributed by atoms with E-state index in [0.717, 1.165) is 11.5 Å². The monoisotopic (exact) mass is 222 g/mol. The fraction of sp³-hybridized carbons (Fsp3) is 1.00. The van der Waals surface area contributed by atoms with Crippen molar-refractivity contribution in [2.24, 2.45) is 5.41 Å². The van der Waals surface area contributed by atoms with E-state index in [0.29, 0.717) is 0 Å². The smallest absolute Gasteiger partial charge is 0.0232 e. The van der Waals surface area contributed by atoms with Gasteiger partial charge < -0.3 is 5.32 Å². The standard InChI is InChI=1S/C14H26N2/c1-2-5-14(6-3-1)7-10-16(11-8-14)13-4-9-15-12-13/h13,15H,1-12H2/t13-/m1/s1. The molecule has 3 aliphatic rings. The number of likely N-dealkylation sites (tertiary alicyclic amines) is 1. The third-order valence-corrected chi connectivity index (χ3v) is 5.32. The molecule has 1 aliphatic carbocycles. The molecule has 0 aromatic heterocycles. The van der Waals surface area contributed by atoms with Crippen LogP contribution in [0.4, 0.5) is 0 Å². The van der Waals surface area contributed by atoms with Gasteiger partial charge >= 0.3 is 0 Å². The van der Waals surface area contributed by atoms with Gasteiger partial charge in [-0.15, -0.1) is 0 Å². The molecule has 1 spiro atoms. The number of hydrogen-bond acceptors (Lipinski definition) is 2. The molecule has 2 aliphatic heterocycles. The topological polar surface area (TPSA) is 15.3 Å². The summed E-state index contributed by atoms with van der Waals surface area (Å²) in [7, 11) is 0. The Kier molecular flexibility index (Phi) is 3.21. The van der Waals surface area contributed by atoms with Crippen molar-refractivity contribution in [3.05, 3.63) is 0 Å². The highest BCUT2D eigenvalue weighted by Crippen LogP contribution is 2.44. The van der Waals surface area contributed by atoms with E-state index in [2.05, 4.69) is 10.2 Å². The maximum Gasteiger partial charge on any atom is 0.0232 e. The van der Waals surface area contributed by atoms with Gasteiger partial charge in [-0.2, -0.15) is 0 Å². The quantitative estimate of drug-likeness (QED) is 0.733. The van der Waals surface area contributed by atoms with Gasteiger partial charge in [-0.1, -0.05) is 19.3 Å². The van der Waals surface area contributed by atoms with Crippen LogP contribution in [0.3, 0.4) is 0 Å². The fourth-order valence-corrected chi connectivity index (χ4v) is 4.12. The highest BCUT2D eigenvalue weighted by atomic mass is 15.2. The zero-order valence-corrected chi connectivity index (χ0v) is 10.5. The van der Waals surface area contributed by atoms with Crippen LogP contribution in [-0.4, -0.2) is 37.1 Å². The van der Waals surface area contributed by atoms with Crippen molar-refractivity contribution in [1.82, 2.24) is 10.2 Å². The van der Waals surface area contributed by atoms with Crippen molar-refractivity contribution < 1.29 is 0 Å². The van der Waals surface area contributed by atoms with Crippen molar-refractivity contribution in [2.75, 3.05) is 26.2 Å². The molecule has 0 radical (unpaired) electrons. The van der Waals surface area contributed by atoms with Crippen LogP contribution in [-0.2, 0) is 0 Å². The minimum atomic E-state index is 0.779. The average Bonchev–Trinajstić information content (AvgIpc) is 2.85. The molecule has 0 aromatic rings. The van der Waals surface area contributed by atoms with Crippen LogP contribution < -0.4 is 5.32 Å². The Morgan fingerprint density at radius 2 is 1.69 bits per heavy atom. The molecule has 3 rings (SSSR count). The lowest BCUT2D eigenvalue weighted by Crippen LogP contribution is -2.46. The van der Waals surface area contributed by atoms with E-state index in [9.17, 15) is 0 Å². The van der Waals surface area contributed by atoms with Crippen molar-refractivity contribution in [1.29, 1.82) is 0 Å². The molecule has 1 saturated carbocycles. The average molecular weight is 222 g/mol. The van der Waals surface area contributed by atoms with E-state index in [1.165, 1.54) is 77.5 Å². The van der Waals surface area contributed by atoms with Gasteiger partial charge in [0.1, 0.15) is 0 Å². The lowest BCUT2D eigenvalue weighted by molar-refractivity contribution is 0.0493. The Morgan fingerprint density at radius 3 is 2.31 bits per heavy atom. The van der Waals surface area contributed by atoms with Crippen LogP contribution in [0.25, 0.3) is 0 Å². The first-order valence-electron chi connectivity index (χ1n) is 7.33. The Bertz CT molecular complexity index is 217. The van der Waals surface area contributed by atoms with Crippen LogP contribution in [0.15, 0.2) is 0 Å². The Balaban J connectivity index is 1.54. The number of nitrogens with one attached hydrogen (secondary N) is 1. The Morgan fingerprint density at radius 1 is 0.938 bits per heavy atom. The molecular formula is C14H26N2. The summed E-state index contributed by atoms with van der Waals surface area (Å²) < 4.78 is 0. The summed E-state index contributed by atoms with van der Waals surface area (Å²) in [5, 5.41) is 3.50. The van der Waals surface area contributed by atoms with Crippen molar-refractivity contribution >= 4 is 0 Å². The fourth-order valence-electron chi connectivity index (χ4n) is 4.12. The number of nitrogens with zero attached hydrogens (tertiary/aromatic N) is 1. The van der Waals surface area contributed by atoms with Crippen molar-refractivity contribution in [3.63, 3.8) is 0 Å². The van der Waals surface area contributed by atoms with E-state index in [4.69, 9.17) is 0 Å². The van der Waals surface area contributed by atoms with Crippen molar-refractivity contribution in [3.8, 4) is 0 Å². The van der Waals surface area contributed by atoms with Crippen LogP contribution in [0.2, 0.25) is 0 Å². The summed E-state index contributed by atoms with van der Waals surface area (Å²) in [6.07, 6.45) is 11.9. The largest absolute Gasteiger partial charge is 0.315 e. The first-order valence-corrected chi connectivity index (χ1v) is 7.33. The van der Waals surface area contributed by atoms with Gasteiger partial charge in [-0.25, -0.2) is 0 Å². The first kappa shape index (κ1) is 11.0. The van der Waals surface area contributed by atoms with Gasteiger partial charge in [0.2, 0.25) is 0 Å². The Hall–Kier alpha value is -0.0800. The predicted octanol–water partition coefficient (Wildman–Crippen LogP) is 2.39. The van der Waals surface area contributed by atoms with Gasteiger partial charge in [0.05, 0.1) is 0 Å². The molecule has 2 heteroatoms.